The van der Waals surface area contributed by atoms with Crippen molar-refractivity contribution in [1.29, 1.82) is 5.26 Å². The Kier molecular flexibility index (Phi) is 3.90. The third-order valence-electron chi connectivity index (χ3n) is 1.82. The van der Waals surface area contributed by atoms with Crippen LogP contribution in [0, 0.1) is 11.3 Å². The van der Waals surface area contributed by atoms with E-state index in [0.717, 1.165) is 0 Å². The van der Waals surface area contributed by atoms with E-state index in [1.165, 1.54) is 6.07 Å². The zero-order valence-electron chi connectivity index (χ0n) is 8.50. The molecule has 18 heavy (non-hydrogen) atoms. The number of rotatable bonds is 3. The normalized spacial score (nSPS) is 11.4. The molecule has 0 unspecified atom stereocenters. The van der Waals surface area contributed by atoms with Crippen molar-refractivity contribution in [2.24, 2.45) is 0 Å². The predicted octanol–water partition coefficient (Wildman–Crippen LogP) is 2.69. The van der Waals surface area contributed by atoms with E-state index in [9.17, 15) is 22.0 Å². The average Bonchev–Trinajstić information content (AvgIpc) is 2.21. The lowest BCUT2D eigenvalue weighted by molar-refractivity contribution is -0.275. The van der Waals surface area contributed by atoms with Gasteiger partial charge in [0, 0.05) is 5.56 Å². The Labute approximate surface area is 97.2 Å². The van der Waals surface area contributed by atoms with Crippen molar-refractivity contribution in [1.82, 2.24) is 4.98 Å². The quantitative estimate of drug-likeness (QED) is 0.856. The summed E-state index contributed by atoms with van der Waals surface area (Å²) in [5.74, 6) is -2.30. The Hall–Kier alpha value is -2.11. The number of halogens is 5. The van der Waals surface area contributed by atoms with Crippen LogP contribution in [0.2, 0.25) is 0 Å². The third-order valence-corrected chi connectivity index (χ3v) is 1.82. The van der Waals surface area contributed by atoms with Gasteiger partial charge in [-0.15, -0.1) is 13.2 Å². The van der Waals surface area contributed by atoms with Gasteiger partial charge >= 0.3 is 6.36 Å². The molecule has 0 saturated heterocycles. The van der Waals surface area contributed by atoms with Gasteiger partial charge in [-0.05, 0) is 0 Å². The number of pyridine rings is 1. The molecule has 1 rings (SSSR count). The summed E-state index contributed by atoms with van der Waals surface area (Å²) in [6, 6.07) is 1.40. The van der Waals surface area contributed by atoms with Crippen molar-refractivity contribution in [2.75, 3.05) is 0 Å². The number of nitriles is 1. The summed E-state index contributed by atoms with van der Waals surface area (Å²) >= 11 is 0. The van der Waals surface area contributed by atoms with E-state index in [1.54, 1.807) is 0 Å². The molecule has 0 atom stereocenters. The van der Waals surface area contributed by atoms with Crippen molar-refractivity contribution < 1.29 is 31.8 Å². The molecule has 4 nitrogen and oxygen atoms in total. The number of hydrogen-bond acceptors (Lipinski definition) is 4. The van der Waals surface area contributed by atoms with E-state index in [1.807, 2.05) is 0 Å². The summed E-state index contributed by atoms with van der Waals surface area (Å²) in [7, 11) is 0. The summed E-state index contributed by atoms with van der Waals surface area (Å²) in [5.41, 5.74) is -1.82. The van der Waals surface area contributed by atoms with Gasteiger partial charge in [-0.2, -0.15) is 5.26 Å². The lowest BCUT2D eigenvalue weighted by atomic mass is 10.1. The van der Waals surface area contributed by atoms with Gasteiger partial charge in [-0.25, -0.2) is 8.78 Å². The van der Waals surface area contributed by atoms with E-state index >= 15 is 0 Å². The summed E-state index contributed by atoms with van der Waals surface area (Å²) in [6.07, 6.45) is -8.76. The highest BCUT2D eigenvalue weighted by atomic mass is 19.4. The fourth-order valence-corrected chi connectivity index (χ4v) is 1.21. The molecular formula is C9H5F5N2O2. The second kappa shape index (κ2) is 5.03. The number of hydrogen-bond donors (Lipinski definition) is 1. The minimum atomic E-state index is -5.18. The highest BCUT2D eigenvalue weighted by Crippen LogP contribution is 2.38. The molecule has 0 spiro atoms. The lowest BCUT2D eigenvalue weighted by Crippen LogP contribution is -2.19. The van der Waals surface area contributed by atoms with Crippen LogP contribution in [0.1, 0.15) is 17.7 Å². The Morgan fingerprint density at radius 3 is 2.50 bits per heavy atom. The summed E-state index contributed by atoms with van der Waals surface area (Å²) < 4.78 is 64.6. The summed E-state index contributed by atoms with van der Waals surface area (Å²) in [4.78, 5) is 3.09. The second-order valence-corrected chi connectivity index (χ2v) is 3.02. The smallest absolute Gasteiger partial charge is 0.503 e. The first-order chi connectivity index (χ1) is 8.26. The van der Waals surface area contributed by atoms with Crippen LogP contribution in [0.5, 0.6) is 11.5 Å². The lowest BCUT2D eigenvalue weighted by Gasteiger charge is -2.15. The van der Waals surface area contributed by atoms with Gasteiger partial charge in [-0.1, -0.05) is 0 Å². The molecule has 1 aromatic heterocycles. The Bertz CT molecular complexity index is 481. The third kappa shape index (κ3) is 3.19. The minimum Gasteiger partial charge on any atom is -0.503 e. The van der Waals surface area contributed by atoms with Gasteiger partial charge in [0.05, 0.1) is 18.7 Å². The molecule has 1 aromatic rings. The molecular weight excluding hydrogens is 263 g/mol. The van der Waals surface area contributed by atoms with Crippen LogP contribution < -0.4 is 4.74 Å². The van der Waals surface area contributed by atoms with Crippen molar-refractivity contribution in [2.45, 2.75) is 19.2 Å². The molecule has 98 valence electrons. The molecule has 1 N–H and O–H groups in total. The van der Waals surface area contributed by atoms with Crippen molar-refractivity contribution in [3.63, 3.8) is 0 Å². The maximum Gasteiger partial charge on any atom is 0.573 e. The molecule has 0 aliphatic rings. The van der Waals surface area contributed by atoms with Gasteiger partial charge in [0.1, 0.15) is 5.69 Å². The molecule has 0 aromatic carbocycles. The first kappa shape index (κ1) is 14.0. The zero-order chi connectivity index (χ0) is 13.9. The van der Waals surface area contributed by atoms with Gasteiger partial charge in [0.2, 0.25) is 0 Å². The van der Waals surface area contributed by atoms with E-state index in [4.69, 9.17) is 10.4 Å². The number of aromatic nitrogens is 1. The first-order valence-corrected chi connectivity index (χ1v) is 4.38. The van der Waals surface area contributed by atoms with E-state index < -0.39 is 42.0 Å². The second-order valence-electron chi connectivity index (χ2n) is 3.02. The van der Waals surface area contributed by atoms with Crippen LogP contribution in [0.15, 0.2) is 6.20 Å². The predicted molar refractivity (Wildman–Crippen MR) is 46.9 cm³/mol. The molecule has 0 saturated carbocycles. The number of nitrogens with zero attached hydrogens (tertiary/aromatic N) is 2. The molecule has 0 radical (unpaired) electrons. The minimum absolute atomic E-state index is 0.406. The van der Waals surface area contributed by atoms with Crippen LogP contribution in [0.3, 0.4) is 0 Å². The number of aromatic hydroxyl groups is 1. The summed E-state index contributed by atoms with van der Waals surface area (Å²) in [5, 5.41) is 17.5. The first-order valence-electron chi connectivity index (χ1n) is 4.38. The van der Waals surface area contributed by atoms with Gasteiger partial charge in [-0.3, -0.25) is 4.98 Å². The number of alkyl halides is 5. The van der Waals surface area contributed by atoms with E-state index in [0.29, 0.717) is 6.20 Å². The van der Waals surface area contributed by atoms with Crippen molar-refractivity contribution in [3.8, 4) is 17.6 Å². The van der Waals surface area contributed by atoms with E-state index in [-0.39, 0.29) is 0 Å². The molecule has 0 aliphatic heterocycles. The van der Waals surface area contributed by atoms with Gasteiger partial charge in [0.25, 0.3) is 6.43 Å². The van der Waals surface area contributed by atoms with E-state index in [2.05, 4.69) is 9.72 Å². The molecule has 9 heteroatoms. The Morgan fingerprint density at radius 1 is 1.44 bits per heavy atom. The van der Waals surface area contributed by atoms with Crippen molar-refractivity contribution >= 4 is 0 Å². The summed E-state index contributed by atoms with van der Waals surface area (Å²) in [6.45, 7) is 0. The Morgan fingerprint density at radius 2 is 2.06 bits per heavy atom. The highest BCUT2D eigenvalue weighted by molar-refractivity contribution is 5.48. The largest absolute Gasteiger partial charge is 0.573 e. The maximum atomic E-state index is 12.5. The SMILES string of the molecule is N#CCc1c(C(F)F)ncc(O)c1OC(F)(F)F. The highest BCUT2D eigenvalue weighted by Gasteiger charge is 2.35. The Balaban J connectivity index is 3.37. The monoisotopic (exact) mass is 268 g/mol. The van der Waals surface area contributed by atoms with Crippen LogP contribution in [0.4, 0.5) is 22.0 Å². The number of ether oxygens (including phenoxy) is 1. The molecule has 0 fully saturated rings. The topological polar surface area (TPSA) is 66.1 Å². The fraction of sp³-hybridized carbons (Fsp3) is 0.333. The van der Waals surface area contributed by atoms with Gasteiger partial charge < -0.3 is 9.84 Å². The molecule has 0 bridgehead atoms. The average molecular weight is 268 g/mol. The molecule has 0 amide bonds. The molecule has 1 heterocycles. The fourth-order valence-electron chi connectivity index (χ4n) is 1.21. The van der Waals surface area contributed by atoms with Crippen LogP contribution in [-0.4, -0.2) is 16.5 Å². The maximum absolute atomic E-state index is 12.5. The standard InChI is InChI=1S/C9H5F5N2O2/c10-8(11)6-4(1-2-15)7(5(17)3-16-6)18-9(12,13)14/h3,8,17H,1H2. The van der Waals surface area contributed by atoms with Crippen LogP contribution in [-0.2, 0) is 6.42 Å². The van der Waals surface area contributed by atoms with Crippen LogP contribution >= 0.6 is 0 Å². The molecule has 0 aliphatic carbocycles. The van der Waals surface area contributed by atoms with Gasteiger partial charge in [0.15, 0.2) is 11.5 Å². The van der Waals surface area contributed by atoms with Crippen LogP contribution in [0.25, 0.3) is 0 Å². The zero-order valence-corrected chi connectivity index (χ0v) is 8.50. The van der Waals surface area contributed by atoms with Crippen molar-refractivity contribution in [3.05, 3.63) is 17.5 Å².